The minimum absolute atomic E-state index is 0.0000924. The number of imidazole rings is 1. The zero-order valence-corrected chi connectivity index (χ0v) is 28.9. The van der Waals surface area contributed by atoms with Gasteiger partial charge in [0.15, 0.2) is 5.82 Å². The molecular weight excluding hydrogens is 710 g/mol. The molecule has 0 radical (unpaired) electrons. The maximum atomic E-state index is 15.4. The summed E-state index contributed by atoms with van der Waals surface area (Å²) < 4.78 is 45.0. The van der Waals surface area contributed by atoms with Crippen molar-refractivity contribution < 1.29 is 37.1 Å². The number of nitrogens with one attached hydrogen (secondary N) is 4. The normalized spacial score (nSPS) is 20.8. The van der Waals surface area contributed by atoms with Gasteiger partial charge in [-0.25, -0.2) is 18.2 Å². The van der Waals surface area contributed by atoms with Gasteiger partial charge in [-0.15, -0.1) is 0 Å². The molecule has 2 aliphatic heterocycles. The summed E-state index contributed by atoms with van der Waals surface area (Å²) in [5.74, 6) is -3.75. The number of piperidine rings is 1. The minimum atomic E-state index is -4.34. The second-order valence-corrected chi connectivity index (χ2v) is 15.1. The van der Waals surface area contributed by atoms with Gasteiger partial charge in [0.25, 0.3) is 5.91 Å². The lowest BCUT2D eigenvalue weighted by Crippen LogP contribution is -2.44. The Hall–Kier alpha value is -6.23. The lowest BCUT2D eigenvalue weighted by atomic mass is 10.0. The van der Waals surface area contributed by atoms with Crippen molar-refractivity contribution in [3.05, 3.63) is 83.0 Å². The summed E-state index contributed by atoms with van der Waals surface area (Å²) in [6.45, 7) is -0.113. The number of carbonyl (C=O) groups excluding carboxylic acids is 4. The van der Waals surface area contributed by atoms with Crippen molar-refractivity contribution in [2.45, 2.75) is 25.3 Å². The Morgan fingerprint density at radius 3 is 2.40 bits per heavy atom. The van der Waals surface area contributed by atoms with E-state index in [1.165, 1.54) is 33.4 Å². The second-order valence-electron chi connectivity index (χ2n) is 13.5. The monoisotopic (exact) mass is 741 g/mol. The number of fused-ring (bicyclic) bond motifs is 2. The molecule has 15 nitrogen and oxygen atoms in total. The number of phenolic OH excluding ortho intramolecular Hbond substituents is 1. The van der Waals surface area contributed by atoms with E-state index in [4.69, 9.17) is 0 Å². The summed E-state index contributed by atoms with van der Waals surface area (Å²) in [6, 6.07) is 18.1. The van der Waals surface area contributed by atoms with E-state index >= 15 is 4.39 Å². The van der Waals surface area contributed by atoms with Gasteiger partial charge in [0.2, 0.25) is 17.7 Å². The highest BCUT2D eigenvalue weighted by Crippen LogP contribution is 2.41. The molecule has 3 unspecified atom stereocenters. The number of aromatic nitrogens is 2. The Morgan fingerprint density at radius 1 is 0.943 bits per heavy atom. The van der Waals surface area contributed by atoms with Crippen LogP contribution in [0.15, 0.2) is 71.5 Å². The molecule has 8 rings (SSSR count). The first-order chi connectivity index (χ1) is 25.3. The second kappa shape index (κ2) is 12.5. The van der Waals surface area contributed by atoms with Gasteiger partial charge >= 0.3 is 15.9 Å². The van der Waals surface area contributed by atoms with E-state index < -0.39 is 51.9 Å². The van der Waals surface area contributed by atoms with Gasteiger partial charge in [-0.2, -0.15) is 8.42 Å². The smallest absolute Gasteiger partial charge is 0.329 e. The highest BCUT2D eigenvalue weighted by atomic mass is 32.2. The number of amides is 4. The van der Waals surface area contributed by atoms with Crippen molar-refractivity contribution in [3.8, 4) is 16.9 Å². The molecule has 0 spiro atoms. The molecule has 53 heavy (non-hydrogen) atoms. The highest BCUT2D eigenvalue weighted by Gasteiger charge is 2.43. The van der Waals surface area contributed by atoms with Crippen molar-refractivity contribution in [2.24, 2.45) is 18.9 Å². The van der Waals surface area contributed by atoms with Gasteiger partial charge in [-0.05, 0) is 83.8 Å². The maximum Gasteiger partial charge on any atom is 0.329 e. The van der Waals surface area contributed by atoms with Crippen LogP contribution < -0.4 is 30.7 Å². The first kappa shape index (κ1) is 33.9. The fourth-order valence-corrected chi connectivity index (χ4v) is 8.29. The minimum Gasteiger partial charge on any atom is -0.506 e. The van der Waals surface area contributed by atoms with Crippen LogP contribution in [-0.4, -0.2) is 59.4 Å². The molecule has 1 saturated carbocycles. The van der Waals surface area contributed by atoms with Gasteiger partial charge < -0.3 is 15.7 Å². The van der Waals surface area contributed by atoms with Crippen LogP contribution in [-0.2, 0) is 36.4 Å². The molecule has 17 heteroatoms. The molecule has 1 aliphatic carbocycles. The molecular formula is C36H32FN7O8S. The molecule has 4 aromatic carbocycles. The Bertz CT molecular complexity index is 2580. The van der Waals surface area contributed by atoms with Gasteiger partial charge in [0, 0.05) is 42.7 Å². The maximum absolute atomic E-state index is 15.4. The van der Waals surface area contributed by atoms with Crippen LogP contribution in [0.25, 0.3) is 32.9 Å². The molecule has 3 aliphatic rings. The lowest BCUT2D eigenvalue weighted by Gasteiger charge is -2.21. The van der Waals surface area contributed by atoms with Crippen molar-refractivity contribution in [1.29, 1.82) is 0 Å². The van der Waals surface area contributed by atoms with Crippen molar-refractivity contribution in [2.75, 3.05) is 28.0 Å². The third-order valence-electron chi connectivity index (χ3n) is 10.0. The molecule has 3 atom stereocenters. The van der Waals surface area contributed by atoms with Crippen molar-refractivity contribution >= 4 is 72.7 Å². The van der Waals surface area contributed by atoms with E-state index in [1.807, 2.05) is 42.5 Å². The number of benzene rings is 4. The van der Waals surface area contributed by atoms with Gasteiger partial charge in [0.1, 0.15) is 24.0 Å². The zero-order chi connectivity index (χ0) is 37.3. The Balaban J connectivity index is 0.893. The van der Waals surface area contributed by atoms with Crippen molar-refractivity contribution in [3.63, 3.8) is 0 Å². The first-order valence-electron chi connectivity index (χ1n) is 16.8. The van der Waals surface area contributed by atoms with E-state index in [0.29, 0.717) is 34.0 Å². The lowest BCUT2D eigenvalue weighted by molar-refractivity contribution is -0.135. The van der Waals surface area contributed by atoms with Crippen LogP contribution in [0.4, 0.5) is 21.5 Å². The van der Waals surface area contributed by atoms with E-state index in [2.05, 4.69) is 16.0 Å². The number of imide groups is 1. The summed E-state index contributed by atoms with van der Waals surface area (Å²) in [5.41, 5.74) is 3.31. The van der Waals surface area contributed by atoms with Crippen LogP contribution >= 0.6 is 0 Å². The third-order valence-corrected chi connectivity index (χ3v) is 11.4. The topological polar surface area (TPSA) is 201 Å². The number of nitrogens with zero attached hydrogens (tertiary/aromatic N) is 3. The van der Waals surface area contributed by atoms with Crippen LogP contribution in [0.1, 0.15) is 25.3 Å². The number of rotatable bonds is 8. The van der Waals surface area contributed by atoms with Crippen LogP contribution in [0.5, 0.6) is 5.75 Å². The standard InChI is InChI=1S/C36H32FN7O8S/c1-42-28-14-19(4-9-26(28)44(36(42)50)27-10-11-30(46)40-35(27)49)18-2-5-22(6-3-18)38-16-21-13-25(21)34(48)39-23-7-8-24-20(12-23)15-29(45)33(32(24)37)43-17-31(47)41-53(43,51)52/h2-9,12,14-15,21,25,27,38,45H,10-11,13,16-17H2,1H3,(H,39,48)(H,41,47)(H,40,46,49). The number of hydrogen-bond acceptors (Lipinski definition) is 9. The molecule has 3 fully saturated rings. The molecule has 4 amide bonds. The number of carbonyl (C=O) groups is 4. The van der Waals surface area contributed by atoms with E-state index in [0.717, 1.165) is 16.8 Å². The summed E-state index contributed by atoms with van der Waals surface area (Å²) >= 11 is 0. The fraction of sp³-hybridized carbons (Fsp3) is 0.250. The molecule has 272 valence electrons. The predicted molar refractivity (Wildman–Crippen MR) is 193 cm³/mol. The molecule has 5 aromatic rings. The van der Waals surface area contributed by atoms with Crippen LogP contribution in [0.2, 0.25) is 0 Å². The van der Waals surface area contributed by atoms with Crippen LogP contribution in [0, 0.1) is 17.7 Å². The largest absolute Gasteiger partial charge is 0.506 e. The average Bonchev–Trinajstić information content (AvgIpc) is 3.79. The molecule has 0 bridgehead atoms. The number of aryl methyl sites for hydroxylation is 1. The van der Waals surface area contributed by atoms with E-state index in [-0.39, 0.29) is 53.0 Å². The quantitative estimate of drug-likeness (QED) is 0.148. The fourth-order valence-electron chi connectivity index (χ4n) is 7.13. The summed E-state index contributed by atoms with van der Waals surface area (Å²) in [4.78, 5) is 61.9. The predicted octanol–water partition coefficient (Wildman–Crippen LogP) is 2.85. The van der Waals surface area contributed by atoms with Gasteiger partial charge in [-0.1, -0.05) is 18.2 Å². The molecule has 3 heterocycles. The van der Waals surface area contributed by atoms with Crippen LogP contribution in [0.3, 0.4) is 0 Å². The average molecular weight is 742 g/mol. The number of aromatic hydroxyl groups is 1. The SMILES string of the molecule is Cn1c(=O)n(C2CCC(=O)NC2=O)c2ccc(-c3ccc(NCC4CC4C(=O)Nc4ccc5c(F)c(N6CC(=O)NS6(=O)=O)c(O)cc5c4)cc3)cc21. The van der Waals surface area contributed by atoms with Gasteiger partial charge in [0.05, 0.1) is 11.0 Å². The number of halogens is 1. The molecule has 2 saturated heterocycles. The van der Waals surface area contributed by atoms with Gasteiger partial charge in [-0.3, -0.25) is 33.6 Å². The first-order valence-corrected chi connectivity index (χ1v) is 18.2. The van der Waals surface area contributed by atoms with E-state index in [9.17, 15) is 37.5 Å². The third kappa shape index (κ3) is 6.01. The highest BCUT2D eigenvalue weighted by molar-refractivity contribution is 7.92. The summed E-state index contributed by atoms with van der Waals surface area (Å²) in [6.07, 6.45) is 1.09. The molecule has 1 aromatic heterocycles. The Morgan fingerprint density at radius 2 is 1.68 bits per heavy atom. The van der Waals surface area contributed by atoms with Crippen molar-refractivity contribution in [1.82, 2.24) is 19.2 Å². The Kier molecular flexibility index (Phi) is 7.97. The summed E-state index contributed by atoms with van der Waals surface area (Å²) in [7, 11) is -2.69. The number of hydrogen-bond donors (Lipinski definition) is 5. The molecule has 5 N–H and O–H groups in total. The number of anilines is 3. The zero-order valence-electron chi connectivity index (χ0n) is 28.1. The Labute approximate surface area is 300 Å². The summed E-state index contributed by atoms with van der Waals surface area (Å²) in [5, 5.41) is 19.2. The van der Waals surface area contributed by atoms with E-state index in [1.54, 1.807) is 11.8 Å². The number of phenols is 1.